The van der Waals surface area contributed by atoms with E-state index in [-0.39, 0.29) is 30.7 Å². The minimum absolute atomic E-state index is 0.0258. The first-order valence-electron chi connectivity index (χ1n) is 9.03. The van der Waals surface area contributed by atoms with Crippen molar-refractivity contribution >= 4 is 11.8 Å². The lowest BCUT2D eigenvalue weighted by Crippen LogP contribution is -2.49. The molecule has 2 amide bonds. The van der Waals surface area contributed by atoms with Crippen molar-refractivity contribution in [3.8, 4) is 5.75 Å². The molecule has 6 heteroatoms. The summed E-state index contributed by atoms with van der Waals surface area (Å²) in [5.41, 5.74) is 1.00. The number of amides is 2. The highest BCUT2D eigenvalue weighted by Crippen LogP contribution is 2.30. The molecular weight excluding hydrogens is 318 g/mol. The second kappa shape index (κ2) is 9.42. The second-order valence-corrected chi connectivity index (χ2v) is 6.12. The van der Waals surface area contributed by atoms with E-state index in [0.29, 0.717) is 26.2 Å². The lowest BCUT2D eigenvalue weighted by molar-refractivity contribution is -0.139. The van der Waals surface area contributed by atoms with Gasteiger partial charge in [0.15, 0.2) is 0 Å². The van der Waals surface area contributed by atoms with Crippen LogP contribution in [-0.4, -0.2) is 61.4 Å². The number of para-hydroxylation sites is 1. The van der Waals surface area contributed by atoms with E-state index in [1.54, 1.807) is 12.0 Å². The van der Waals surface area contributed by atoms with Gasteiger partial charge in [-0.3, -0.25) is 9.59 Å². The van der Waals surface area contributed by atoms with Crippen molar-refractivity contribution in [2.75, 3.05) is 39.8 Å². The molecule has 1 aromatic carbocycles. The summed E-state index contributed by atoms with van der Waals surface area (Å²) in [5, 5.41) is 3.35. The maximum absolute atomic E-state index is 12.8. The topological polar surface area (TPSA) is 61.9 Å². The van der Waals surface area contributed by atoms with E-state index in [0.717, 1.165) is 17.9 Å². The van der Waals surface area contributed by atoms with Crippen LogP contribution in [0.4, 0.5) is 0 Å². The summed E-state index contributed by atoms with van der Waals surface area (Å²) < 4.78 is 5.46. The third-order valence-corrected chi connectivity index (χ3v) is 4.73. The number of hydrogen-bond donors (Lipinski definition) is 1. The van der Waals surface area contributed by atoms with E-state index in [9.17, 15) is 9.59 Å². The first kappa shape index (κ1) is 19.2. The molecule has 1 aromatic rings. The Bertz CT molecular complexity index is 587. The van der Waals surface area contributed by atoms with Crippen LogP contribution >= 0.6 is 0 Å². The molecular formula is C19H29N3O3. The molecule has 6 nitrogen and oxygen atoms in total. The number of carbonyl (C=O) groups is 2. The number of ether oxygens (including phenoxy) is 1. The molecule has 0 aromatic heterocycles. The smallest absolute Gasteiger partial charge is 0.223 e. The third kappa shape index (κ3) is 4.72. The fourth-order valence-electron chi connectivity index (χ4n) is 3.31. The Balaban J connectivity index is 2.07. The van der Waals surface area contributed by atoms with Gasteiger partial charge in [-0.05, 0) is 19.9 Å². The summed E-state index contributed by atoms with van der Waals surface area (Å²) in [6.07, 6.45) is 0.518. The first-order valence-corrected chi connectivity index (χ1v) is 9.03. The normalized spacial score (nSPS) is 17.2. The van der Waals surface area contributed by atoms with Crippen molar-refractivity contribution in [1.29, 1.82) is 0 Å². The number of benzene rings is 1. The van der Waals surface area contributed by atoms with Gasteiger partial charge in [-0.2, -0.15) is 0 Å². The molecule has 0 bridgehead atoms. The highest BCUT2D eigenvalue weighted by Gasteiger charge is 2.29. The maximum atomic E-state index is 12.8. The zero-order valence-corrected chi connectivity index (χ0v) is 15.5. The lowest BCUT2D eigenvalue weighted by Gasteiger charge is -2.37. The van der Waals surface area contributed by atoms with Crippen LogP contribution in [0.15, 0.2) is 24.3 Å². The zero-order valence-electron chi connectivity index (χ0n) is 15.5. The van der Waals surface area contributed by atoms with E-state index in [1.165, 1.54) is 0 Å². The van der Waals surface area contributed by atoms with Crippen molar-refractivity contribution in [2.24, 2.45) is 0 Å². The number of piperazine rings is 1. The standard InChI is InChI=1S/C19H29N3O3/c1-4-21(5-2)18(23)10-11-19(24)22-13-12-20-14-16(22)15-8-6-7-9-17(15)25-3/h6-9,16,20H,4-5,10-14H2,1-3H3. The molecule has 1 fully saturated rings. The molecule has 1 heterocycles. The van der Waals surface area contributed by atoms with Gasteiger partial charge in [0.05, 0.1) is 13.2 Å². The Morgan fingerprint density at radius 2 is 1.96 bits per heavy atom. The summed E-state index contributed by atoms with van der Waals surface area (Å²) in [6, 6.07) is 7.72. The summed E-state index contributed by atoms with van der Waals surface area (Å²) in [5.74, 6) is 0.855. The fraction of sp³-hybridized carbons (Fsp3) is 0.579. The molecule has 0 spiro atoms. The number of nitrogens with zero attached hydrogens (tertiary/aromatic N) is 2. The summed E-state index contributed by atoms with van der Waals surface area (Å²) >= 11 is 0. The zero-order chi connectivity index (χ0) is 18.2. The van der Waals surface area contributed by atoms with Crippen LogP contribution in [-0.2, 0) is 9.59 Å². The van der Waals surface area contributed by atoms with Gasteiger partial charge in [-0.1, -0.05) is 18.2 Å². The van der Waals surface area contributed by atoms with Gasteiger partial charge in [0, 0.05) is 51.1 Å². The maximum Gasteiger partial charge on any atom is 0.223 e. The van der Waals surface area contributed by atoms with Gasteiger partial charge in [0.1, 0.15) is 5.75 Å². The Morgan fingerprint density at radius 3 is 2.64 bits per heavy atom. The van der Waals surface area contributed by atoms with Crippen LogP contribution in [0.5, 0.6) is 5.75 Å². The number of hydrogen-bond acceptors (Lipinski definition) is 4. The van der Waals surface area contributed by atoms with Crippen LogP contribution in [0.1, 0.15) is 38.3 Å². The van der Waals surface area contributed by atoms with Crippen molar-refractivity contribution in [3.05, 3.63) is 29.8 Å². The highest BCUT2D eigenvalue weighted by molar-refractivity contribution is 5.84. The number of nitrogens with one attached hydrogen (secondary N) is 1. The van der Waals surface area contributed by atoms with Crippen molar-refractivity contribution in [3.63, 3.8) is 0 Å². The van der Waals surface area contributed by atoms with Crippen LogP contribution < -0.4 is 10.1 Å². The van der Waals surface area contributed by atoms with Crippen molar-refractivity contribution in [2.45, 2.75) is 32.7 Å². The van der Waals surface area contributed by atoms with Crippen LogP contribution in [0.3, 0.4) is 0 Å². The van der Waals surface area contributed by atoms with Gasteiger partial charge in [0.25, 0.3) is 0 Å². The quantitative estimate of drug-likeness (QED) is 0.817. The Labute approximate surface area is 150 Å². The molecule has 1 saturated heterocycles. The van der Waals surface area contributed by atoms with E-state index >= 15 is 0 Å². The molecule has 0 aliphatic carbocycles. The van der Waals surface area contributed by atoms with Gasteiger partial charge < -0.3 is 19.9 Å². The van der Waals surface area contributed by atoms with E-state index in [4.69, 9.17) is 4.74 Å². The summed E-state index contributed by atoms with van der Waals surface area (Å²) in [7, 11) is 1.64. The number of carbonyl (C=O) groups excluding carboxylic acids is 2. The largest absolute Gasteiger partial charge is 0.496 e. The molecule has 1 atom stereocenters. The molecule has 2 rings (SSSR count). The van der Waals surface area contributed by atoms with Gasteiger partial charge in [0.2, 0.25) is 11.8 Å². The minimum atomic E-state index is -0.0686. The molecule has 0 radical (unpaired) electrons. The molecule has 1 unspecified atom stereocenters. The fourth-order valence-corrected chi connectivity index (χ4v) is 3.31. The van der Waals surface area contributed by atoms with Gasteiger partial charge >= 0.3 is 0 Å². The predicted octanol–water partition coefficient (Wildman–Crippen LogP) is 1.82. The summed E-state index contributed by atoms with van der Waals surface area (Å²) in [4.78, 5) is 28.6. The van der Waals surface area contributed by atoms with Crippen molar-refractivity contribution in [1.82, 2.24) is 15.1 Å². The molecule has 25 heavy (non-hydrogen) atoms. The van der Waals surface area contributed by atoms with E-state index in [2.05, 4.69) is 5.32 Å². The minimum Gasteiger partial charge on any atom is -0.496 e. The van der Waals surface area contributed by atoms with Gasteiger partial charge in [-0.25, -0.2) is 0 Å². The highest BCUT2D eigenvalue weighted by atomic mass is 16.5. The lowest BCUT2D eigenvalue weighted by atomic mass is 10.0. The second-order valence-electron chi connectivity index (χ2n) is 6.12. The number of methoxy groups -OCH3 is 1. The summed E-state index contributed by atoms with van der Waals surface area (Å²) in [6.45, 7) is 7.37. The number of rotatable bonds is 7. The average Bonchev–Trinajstić information content (AvgIpc) is 2.67. The van der Waals surface area contributed by atoms with Crippen LogP contribution in [0.2, 0.25) is 0 Å². The Morgan fingerprint density at radius 1 is 1.24 bits per heavy atom. The monoisotopic (exact) mass is 347 g/mol. The predicted molar refractivity (Wildman–Crippen MR) is 97.5 cm³/mol. The van der Waals surface area contributed by atoms with E-state index < -0.39 is 0 Å². The van der Waals surface area contributed by atoms with Crippen LogP contribution in [0, 0.1) is 0 Å². The Kier molecular flexibility index (Phi) is 7.25. The molecule has 1 aliphatic rings. The van der Waals surface area contributed by atoms with E-state index in [1.807, 2.05) is 43.0 Å². The molecule has 1 aliphatic heterocycles. The SMILES string of the molecule is CCN(CC)C(=O)CCC(=O)N1CCNCC1c1ccccc1OC. The molecule has 1 N–H and O–H groups in total. The van der Waals surface area contributed by atoms with Crippen LogP contribution in [0.25, 0.3) is 0 Å². The molecule has 0 saturated carbocycles. The first-order chi connectivity index (χ1) is 12.1. The third-order valence-electron chi connectivity index (χ3n) is 4.73. The van der Waals surface area contributed by atoms with Gasteiger partial charge in [-0.15, -0.1) is 0 Å². The molecule has 138 valence electrons. The van der Waals surface area contributed by atoms with Crippen molar-refractivity contribution < 1.29 is 14.3 Å². The average molecular weight is 347 g/mol. The Hall–Kier alpha value is -2.08.